The predicted octanol–water partition coefficient (Wildman–Crippen LogP) is 1.72. The SMILES string of the molecule is NN1CCc2cc(Cl)cc(F)c21. The Morgan fingerprint density at radius 3 is 3.00 bits per heavy atom. The zero-order valence-electron chi connectivity index (χ0n) is 6.35. The lowest BCUT2D eigenvalue weighted by molar-refractivity contribution is 0.624. The lowest BCUT2D eigenvalue weighted by Crippen LogP contribution is -2.28. The molecule has 0 bridgehead atoms. The number of halogens is 2. The molecule has 0 aromatic heterocycles. The molecule has 1 aliphatic rings. The monoisotopic (exact) mass is 186 g/mol. The molecule has 0 amide bonds. The first kappa shape index (κ1) is 7.83. The molecule has 64 valence electrons. The van der Waals surface area contributed by atoms with Crippen LogP contribution >= 0.6 is 11.6 Å². The molecule has 2 nitrogen and oxygen atoms in total. The largest absolute Gasteiger partial charge is 0.308 e. The molecular weight excluding hydrogens is 179 g/mol. The van der Waals surface area contributed by atoms with Crippen LogP contribution in [0.5, 0.6) is 0 Å². The third kappa shape index (κ3) is 1.06. The minimum Gasteiger partial charge on any atom is -0.308 e. The Balaban J connectivity index is 2.60. The Labute approximate surface area is 74.7 Å². The summed E-state index contributed by atoms with van der Waals surface area (Å²) in [6.45, 7) is 0.659. The second-order valence-corrected chi connectivity index (χ2v) is 3.28. The van der Waals surface area contributed by atoms with Gasteiger partial charge in [0.25, 0.3) is 0 Å². The van der Waals surface area contributed by atoms with Crippen LogP contribution in [0.4, 0.5) is 10.1 Å². The van der Waals surface area contributed by atoms with Gasteiger partial charge in [-0.2, -0.15) is 0 Å². The van der Waals surface area contributed by atoms with Gasteiger partial charge in [0.15, 0.2) is 0 Å². The van der Waals surface area contributed by atoms with Gasteiger partial charge in [-0.3, -0.25) is 0 Å². The van der Waals surface area contributed by atoms with E-state index in [1.807, 2.05) is 0 Å². The fraction of sp³-hybridized carbons (Fsp3) is 0.250. The van der Waals surface area contributed by atoms with Crippen molar-refractivity contribution in [3.63, 3.8) is 0 Å². The molecule has 0 fully saturated rings. The number of hydrogen-bond donors (Lipinski definition) is 1. The number of nitrogens with two attached hydrogens (primary N) is 1. The lowest BCUT2D eigenvalue weighted by atomic mass is 10.1. The molecule has 12 heavy (non-hydrogen) atoms. The van der Waals surface area contributed by atoms with Crippen molar-refractivity contribution in [2.75, 3.05) is 11.6 Å². The summed E-state index contributed by atoms with van der Waals surface area (Å²) in [6.07, 6.45) is 0.767. The topological polar surface area (TPSA) is 29.3 Å². The van der Waals surface area contributed by atoms with Crippen LogP contribution in [0.1, 0.15) is 5.56 Å². The van der Waals surface area contributed by atoms with E-state index in [1.54, 1.807) is 6.07 Å². The number of benzene rings is 1. The minimum atomic E-state index is -0.336. The molecule has 1 heterocycles. The second-order valence-electron chi connectivity index (χ2n) is 2.84. The summed E-state index contributed by atoms with van der Waals surface area (Å²) < 4.78 is 13.2. The average molecular weight is 187 g/mol. The maximum Gasteiger partial charge on any atom is 0.149 e. The van der Waals surface area contributed by atoms with Crippen molar-refractivity contribution in [1.82, 2.24) is 0 Å². The van der Waals surface area contributed by atoms with E-state index in [2.05, 4.69) is 0 Å². The van der Waals surface area contributed by atoms with Crippen LogP contribution < -0.4 is 10.9 Å². The zero-order chi connectivity index (χ0) is 8.72. The Hall–Kier alpha value is -0.800. The molecule has 0 aliphatic carbocycles. The molecule has 0 saturated carbocycles. The minimum absolute atomic E-state index is 0.336. The van der Waals surface area contributed by atoms with E-state index < -0.39 is 0 Å². The highest BCUT2D eigenvalue weighted by molar-refractivity contribution is 6.30. The Morgan fingerprint density at radius 1 is 1.50 bits per heavy atom. The van der Waals surface area contributed by atoms with Gasteiger partial charge in [0, 0.05) is 11.6 Å². The predicted molar refractivity (Wildman–Crippen MR) is 46.6 cm³/mol. The molecule has 0 saturated heterocycles. The van der Waals surface area contributed by atoms with Gasteiger partial charge in [-0.1, -0.05) is 11.6 Å². The lowest BCUT2D eigenvalue weighted by Gasteiger charge is -2.11. The number of nitrogens with zero attached hydrogens (tertiary/aromatic N) is 1. The van der Waals surface area contributed by atoms with Crippen LogP contribution in [0.2, 0.25) is 5.02 Å². The van der Waals surface area contributed by atoms with Crippen molar-refractivity contribution < 1.29 is 4.39 Å². The molecular formula is C8H8ClFN2. The third-order valence-corrected chi connectivity index (χ3v) is 2.23. The van der Waals surface area contributed by atoms with Crippen molar-refractivity contribution in [2.24, 2.45) is 5.84 Å². The normalized spacial score (nSPS) is 15.1. The van der Waals surface area contributed by atoms with Crippen LogP contribution in [0.15, 0.2) is 12.1 Å². The smallest absolute Gasteiger partial charge is 0.149 e. The van der Waals surface area contributed by atoms with Crippen LogP contribution in [0, 0.1) is 5.82 Å². The molecule has 1 aromatic carbocycles. The molecule has 2 rings (SSSR count). The Kier molecular flexibility index (Phi) is 1.70. The number of rotatable bonds is 0. The molecule has 1 aliphatic heterocycles. The maximum absolute atomic E-state index is 13.2. The molecule has 2 N–H and O–H groups in total. The number of hydrazine groups is 1. The molecule has 1 aromatic rings. The van der Waals surface area contributed by atoms with Crippen molar-refractivity contribution in [2.45, 2.75) is 6.42 Å². The average Bonchev–Trinajstić information content (AvgIpc) is 2.31. The summed E-state index contributed by atoms with van der Waals surface area (Å²) in [5.41, 5.74) is 1.38. The van der Waals surface area contributed by atoms with Gasteiger partial charge in [0.05, 0.1) is 5.69 Å². The van der Waals surface area contributed by atoms with E-state index in [1.165, 1.54) is 11.1 Å². The van der Waals surface area contributed by atoms with Crippen molar-refractivity contribution in [3.05, 3.63) is 28.5 Å². The quantitative estimate of drug-likeness (QED) is 0.626. The fourth-order valence-corrected chi connectivity index (χ4v) is 1.71. The molecule has 0 unspecified atom stereocenters. The summed E-state index contributed by atoms with van der Waals surface area (Å²) >= 11 is 5.68. The zero-order valence-corrected chi connectivity index (χ0v) is 7.11. The first-order valence-electron chi connectivity index (χ1n) is 3.68. The molecule has 0 spiro atoms. The second kappa shape index (κ2) is 2.61. The first-order chi connectivity index (χ1) is 5.68. The van der Waals surface area contributed by atoms with Gasteiger partial charge < -0.3 is 5.01 Å². The highest BCUT2D eigenvalue weighted by Crippen LogP contribution is 2.31. The van der Waals surface area contributed by atoms with Gasteiger partial charge in [0.2, 0.25) is 0 Å². The Morgan fingerprint density at radius 2 is 2.25 bits per heavy atom. The summed E-state index contributed by atoms with van der Waals surface area (Å²) in [4.78, 5) is 0. The third-order valence-electron chi connectivity index (χ3n) is 2.02. The van der Waals surface area contributed by atoms with Gasteiger partial charge >= 0.3 is 0 Å². The van der Waals surface area contributed by atoms with E-state index in [0.29, 0.717) is 17.3 Å². The van der Waals surface area contributed by atoms with E-state index >= 15 is 0 Å². The van der Waals surface area contributed by atoms with Gasteiger partial charge in [0.1, 0.15) is 5.82 Å². The first-order valence-corrected chi connectivity index (χ1v) is 4.06. The van der Waals surface area contributed by atoms with Crippen molar-refractivity contribution >= 4 is 17.3 Å². The highest BCUT2D eigenvalue weighted by atomic mass is 35.5. The van der Waals surface area contributed by atoms with Gasteiger partial charge in [-0.15, -0.1) is 0 Å². The summed E-state index contributed by atoms with van der Waals surface area (Å²) in [6, 6.07) is 3.04. The number of hydrogen-bond acceptors (Lipinski definition) is 2. The van der Waals surface area contributed by atoms with E-state index in [0.717, 1.165) is 12.0 Å². The fourth-order valence-electron chi connectivity index (χ4n) is 1.48. The highest BCUT2D eigenvalue weighted by Gasteiger charge is 2.20. The molecule has 4 heteroatoms. The van der Waals surface area contributed by atoms with Crippen LogP contribution in [-0.4, -0.2) is 6.54 Å². The van der Waals surface area contributed by atoms with Crippen LogP contribution in [0.3, 0.4) is 0 Å². The number of fused-ring (bicyclic) bond motifs is 1. The standard InChI is InChI=1S/C8H8ClFN2/c9-6-3-5-1-2-12(11)8(5)7(10)4-6/h3-4H,1-2,11H2. The van der Waals surface area contributed by atoms with E-state index in [-0.39, 0.29) is 5.82 Å². The summed E-state index contributed by atoms with van der Waals surface area (Å²) in [7, 11) is 0. The van der Waals surface area contributed by atoms with Crippen LogP contribution in [0.25, 0.3) is 0 Å². The van der Waals surface area contributed by atoms with Gasteiger partial charge in [-0.05, 0) is 24.1 Å². The number of anilines is 1. The van der Waals surface area contributed by atoms with Crippen LogP contribution in [-0.2, 0) is 6.42 Å². The Bertz CT molecular complexity index is 327. The van der Waals surface area contributed by atoms with Gasteiger partial charge in [-0.25, -0.2) is 10.2 Å². The summed E-state index contributed by atoms with van der Waals surface area (Å²) in [5, 5.41) is 1.85. The van der Waals surface area contributed by atoms with E-state index in [4.69, 9.17) is 17.4 Å². The van der Waals surface area contributed by atoms with Crippen molar-refractivity contribution in [3.8, 4) is 0 Å². The van der Waals surface area contributed by atoms with E-state index in [9.17, 15) is 4.39 Å². The maximum atomic E-state index is 13.2. The van der Waals surface area contributed by atoms with Crippen molar-refractivity contribution in [1.29, 1.82) is 0 Å². The summed E-state index contributed by atoms with van der Waals surface area (Å²) in [5.74, 6) is 5.21. The molecule has 0 atom stereocenters. The molecule has 0 radical (unpaired) electrons.